The fourth-order valence-corrected chi connectivity index (χ4v) is 6.29. The summed E-state index contributed by atoms with van der Waals surface area (Å²) in [5, 5.41) is 7.03. The van der Waals surface area contributed by atoms with Gasteiger partial charge in [0, 0.05) is 0 Å². The van der Waals surface area contributed by atoms with Crippen LogP contribution in [0.2, 0.25) is 0 Å². The molecule has 0 aliphatic heterocycles. The minimum Gasteiger partial charge on any atom is -0.247 e. The smallest absolute Gasteiger partial charge is 0.225 e. The van der Waals surface area contributed by atoms with Gasteiger partial charge in [0.1, 0.15) is 0 Å². The van der Waals surface area contributed by atoms with Crippen molar-refractivity contribution in [2.24, 2.45) is 0 Å². The molecule has 0 spiro atoms. The molecule has 180 valence electrons. The van der Waals surface area contributed by atoms with E-state index in [1.54, 1.807) is 0 Å². The van der Waals surface area contributed by atoms with Gasteiger partial charge in [-0.1, -0.05) is 72.8 Å². The van der Waals surface area contributed by atoms with Crippen molar-refractivity contribution in [1.29, 1.82) is 0 Å². The Morgan fingerprint density at radius 2 is 0.590 bits per heavy atom. The number of hydrogen-bond acceptors (Lipinski definition) is 3. The summed E-state index contributed by atoms with van der Waals surface area (Å²) in [5.41, 5.74) is 5.88. The number of aromatic nitrogens is 6. The number of imidazole rings is 3. The molecule has 0 saturated carbocycles. The highest BCUT2D eigenvalue weighted by molar-refractivity contribution is 6.02. The predicted octanol–water partition coefficient (Wildman–Crippen LogP) is 7.55. The van der Waals surface area contributed by atoms with Crippen LogP contribution < -0.4 is 0 Å². The molecular weight excluding hydrogens is 480 g/mol. The summed E-state index contributed by atoms with van der Waals surface area (Å²) in [4.78, 5) is 15.6. The molecule has 6 aromatic carbocycles. The highest BCUT2D eigenvalue weighted by Crippen LogP contribution is 2.33. The van der Waals surface area contributed by atoms with Crippen molar-refractivity contribution < 1.29 is 0 Å². The molecule has 0 fully saturated rings. The Balaban J connectivity index is 1.53. The second-order valence-corrected chi connectivity index (χ2v) is 10.3. The summed E-state index contributed by atoms with van der Waals surface area (Å²) in [6, 6.07) is 38.5. The molecule has 0 aliphatic rings. The summed E-state index contributed by atoms with van der Waals surface area (Å²) in [6.45, 7) is 0. The average molecular weight is 499 g/mol. The zero-order chi connectivity index (χ0) is 25.2. The Hall–Kier alpha value is -5.49. The molecule has 0 saturated heterocycles. The molecule has 10 rings (SSSR count). The van der Waals surface area contributed by atoms with E-state index < -0.39 is 0 Å². The summed E-state index contributed by atoms with van der Waals surface area (Å²) < 4.78 is 6.57. The first kappa shape index (κ1) is 19.6. The molecule has 0 radical (unpaired) electrons. The molecule has 10 aromatic rings. The lowest BCUT2D eigenvalue weighted by atomic mass is 10.1. The van der Waals surface area contributed by atoms with E-state index in [4.69, 9.17) is 15.0 Å². The van der Waals surface area contributed by atoms with E-state index in [2.05, 4.69) is 122 Å². The molecule has 0 amide bonds. The highest BCUT2D eigenvalue weighted by atomic mass is 15.3. The van der Waals surface area contributed by atoms with Gasteiger partial charge in [0.15, 0.2) is 0 Å². The number of benzene rings is 6. The van der Waals surface area contributed by atoms with Gasteiger partial charge in [-0.2, -0.15) is 0 Å². The fourth-order valence-electron chi connectivity index (χ4n) is 6.29. The Morgan fingerprint density at radius 3 is 0.872 bits per heavy atom. The van der Waals surface area contributed by atoms with Crippen LogP contribution in [-0.4, -0.2) is 28.2 Å². The van der Waals surface area contributed by atoms with Crippen molar-refractivity contribution in [3.8, 4) is 0 Å². The van der Waals surface area contributed by atoms with Crippen molar-refractivity contribution in [3.63, 3.8) is 0 Å². The molecule has 4 aromatic heterocycles. The number of nitrogens with zero attached hydrogens (tertiary/aromatic N) is 6. The summed E-state index contributed by atoms with van der Waals surface area (Å²) in [5.74, 6) is 2.42. The van der Waals surface area contributed by atoms with Gasteiger partial charge in [0.05, 0.1) is 33.1 Å². The van der Waals surface area contributed by atoms with Gasteiger partial charge < -0.3 is 0 Å². The van der Waals surface area contributed by atoms with E-state index >= 15 is 0 Å². The summed E-state index contributed by atoms with van der Waals surface area (Å²) in [7, 11) is 0. The largest absolute Gasteiger partial charge is 0.247 e. The zero-order valence-electron chi connectivity index (χ0n) is 20.6. The van der Waals surface area contributed by atoms with Gasteiger partial charge in [0.25, 0.3) is 0 Å². The van der Waals surface area contributed by atoms with E-state index in [1.807, 2.05) is 0 Å². The first-order valence-corrected chi connectivity index (χ1v) is 13.1. The van der Waals surface area contributed by atoms with Crippen LogP contribution in [0, 0.1) is 0 Å². The summed E-state index contributed by atoms with van der Waals surface area (Å²) >= 11 is 0. The van der Waals surface area contributed by atoms with Gasteiger partial charge in [-0.15, -0.1) is 0 Å². The van der Waals surface area contributed by atoms with Crippen molar-refractivity contribution in [2.45, 2.75) is 0 Å². The van der Waals surface area contributed by atoms with Gasteiger partial charge in [0.2, 0.25) is 17.3 Å². The third kappa shape index (κ3) is 2.43. The normalized spacial score (nSPS) is 12.6. The molecule has 0 bridgehead atoms. The van der Waals surface area contributed by atoms with Crippen molar-refractivity contribution >= 4 is 82.8 Å². The van der Waals surface area contributed by atoms with Crippen LogP contribution in [0.5, 0.6) is 0 Å². The van der Waals surface area contributed by atoms with Crippen LogP contribution in [0.25, 0.3) is 82.8 Å². The van der Waals surface area contributed by atoms with Crippen LogP contribution >= 0.6 is 0 Å². The Morgan fingerprint density at radius 1 is 0.333 bits per heavy atom. The van der Waals surface area contributed by atoms with Crippen molar-refractivity contribution in [3.05, 3.63) is 109 Å². The lowest BCUT2D eigenvalue weighted by Crippen LogP contribution is -2.04. The van der Waals surface area contributed by atoms with Crippen LogP contribution in [-0.2, 0) is 0 Å². The van der Waals surface area contributed by atoms with E-state index in [0.29, 0.717) is 0 Å². The standard InChI is InChI=1S/C33H18N6/c1-4-10-22-16-28-25(13-19(22)7-1)34-31-37(28)32-35-27-15-21-9-3-6-12-24(21)18-30(27)39(32)33-36-26-14-20-8-2-5-11-23(20)17-29(26)38(31)33/h1-18H. The van der Waals surface area contributed by atoms with Gasteiger partial charge in [-0.05, 0) is 68.7 Å². The minimum absolute atomic E-state index is 0.806. The van der Waals surface area contributed by atoms with Crippen molar-refractivity contribution in [2.75, 3.05) is 0 Å². The van der Waals surface area contributed by atoms with Crippen LogP contribution in [0.4, 0.5) is 0 Å². The molecule has 6 nitrogen and oxygen atoms in total. The first-order valence-electron chi connectivity index (χ1n) is 13.1. The molecule has 0 N–H and O–H groups in total. The van der Waals surface area contributed by atoms with Gasteiger partial charge in [-0.3, -0.25) is 0 Å². The predicted molar refractivity (Wildman–Crippen MR) is 158 cm³/mol. The number of hydrogen-bond donors (Lipinski definition) is 0. The topological polar surface area (TPSA) is 51.9 Å². The second kappa shape index (κ2) is 6.68. The minimum atomic E-state index is 0.806. The number of rotatable bonds is 0. The van der Waals surface area contributed by atoms with Crippen LogP contribution in [0.15, 0.2) is 109 Å². The Labute approximate surface area is 220 Å². The quantitative estimate of drug-likeness (QED) is 0.217. The molecule has 39 heavy (non-hydrogen) atoms. The van der Waals surface area contributed by atoms with E-state index in [0.717, 1.165) is 50.4 Å². The zero-order valence-corrected chi connectivity index (χ0v) is 20.6. The van der Waals surface area contributed by atoms with Crippen molar-refractivity contribution in [1.82, 2.24) is 28.2 Å². The lowest BCUT2D eigenvalue weighted by molar-refractivity contribution is 1.02. The first-order chi connectivity index (χ1) is 19.3. The summed E-state index contributed by atoms with van der Waals surface area (Å²) in [6.07, 6.45) is 0. The van der Waals surface area contributed by atoms with Crippen LogP contribution in [0.1, 0.15) is 0 Å². The molecule has 0 unspecified atom stereocenters. The maximum Gasteiger partial charge on any atom is 0.225 e. The monoisotopic (exact) mass is 498 g/mol. The SMILES string of the molecule is c1ccc2cc3c(cc2c1)nc1n3c2nc3cc4ccccc4cc3n2c2nc3cc4ccccc4cc3n12. The van der Waals surface area contributed by atoms with E-state index in [9.17, 15) is 0 Å². The van der Waals surface area contributed by atoms with Gasteiger partial charge >= 0.3 is 0 Å². The average Bonchev–Trinajstić information content (AvgIpc) is 3.63. The number of fused-ring (bicyclic) bond motifs is 15. The molecule has 6 heteroatoms. The molecule has 0 atom stereocenters. The fraction of sp³-hybridized carbons (Fsp3) is 0. The molecule has 0 aliphatic carbocycles. The lowest BCUT2D eigenvalue weighted by Gasteiger charge is -2.06. The Bertz CT molecular complexity index is 2350. The van der Waals surface area contributed by atoms with E-state index in [1.165, 1.54) is 32.3 Å². The van der Waals surface area contributed by atoms with Crippen LogP contribution in [0.3, 0.4) is 0 Å². The molecular formula is C33H18N6. The second-order valence-electron chi connectivity index (χ2n) is 10.3. The third-order valence-electron chi connectivity index (χ3n) is 8.11. The maximum absolute atomic E-state index is 5.20. The maximum atomic E-state index is 5.20. The highest BCUT2D eigenvalue weighted by Gasteiger charge is 2.21. The van der Waals surface area contributed by atoms with Gasteiger partial charge in [-0.25, -0.2) is 28.2 Å². The molecule has 4 heterocycles. The Kier molecular flexibility index (Phi) is 3.36. The third-order valence-corrected chi connectivity index (χ3v) is 8.11. The van der Waals surface area contributed by atoms with E-state index in [-0.39, 0.29) is 0 Å².